The quantitative estimate of drug-likeness (QED) is 0.675. The second kappa shape index (κ2) is 4.27. The van der Waals surface area contributed by atoms with Crippen LogP contribution in [0.5, 0.6) is 0 Å². The topological polar surface area (TPSA) is 42.0 Å². The summed E-state index contributed by atoms with van der Waals surface area (Å²) in [5.41, 5.74) is 0.567. The van der Waals surface area contributed by atoms with Crippen molar-refractivity contribution in [3.05, 3.63) is 30.1 Å². The first-order chi connectivity index (χ1) is 6.24. The van der Waals surface area contributed by atoms with E-state index in [0.29, 0.717) is 5.56 Å². The summed E-state index contributed by atoms with van der Waals surface area (Å²) in [6.07, 6.45) is 8.25. The number of nitrogens with zero attached hydrogens (tertiary/aromatic N) is 1. The first-order valence-corrected chi connectivity index (χ1v) is 3.91. The first-order valence-electron chi connectivity index (χ1n) is 3.91. The van der Waals surface area contributed by atoms with Crippen molar-refractivity contribution < 1.29 is 4.79 Å². The maximum absolute atomic E-state index is 11.4. The summed E-state index contributed by atoms with van der Waals surface area (Å²) in [5, 5.41) is 2.64. The third kappa shape index (κ3) is 2.60. The normalized spacial score (nSPS) is 11.4. The molecule has 0 saturated carbocycles. The van der Waals surface area contributed by atoms with Gasteiger partial charge in [0.05, 0.1) is 6.04 Å². The van der Waals surface area contributed by atoms with Gasteiger partial charge in [0, 0.05) is 18.0 Å². The maximum atomic E-state index is 11.4. The highest BCUT2D eigenvalue weighted by atomic mass is 16.1. The van der Waals surface area contributed by atoms with Crippen LogP contribution in [0.3, 0.4) is 0 Å². The number of terminal acetylenes is 1. The smallest absolute Gasteiger partial charge is 0.252 e. The molecule has 1 atom stereocenters. The van der Waals surface area contributed by atoms with E-state index in [0.717, 1.165) is 0 Å². The summed E-state index contributed by atoms with van der Waals surface area (Å²) in [6, 6.07) is 3.03. The summed E-state index contributed by atoms with van der Waals surface area (Å²) in [4.78, 5) is 15.2. The fourth-order valence-corrected chi connectivity index (χ4v) is 0.825. The van der Waals surface area contributed by atoms with Gasteiger partial charge in [0.1, 0.15) is 0 Å². The molecule has 66 valence electrons. The van der Waals surface area contributed by atoms with E-state index in [1.165, 1.54) is 0 Å². The Morgan fingerprint density at radius 2 is 2.23 bits per heavy atom. The molecule has 1 N–H and O–H groups in total. The van der Waals surface area contributed by atoms with Crippen LogP contribution in [0, 0.1) is 12.3 Å². The largest absolute Gasteiger partial charge is 0.339 e. The van der Waals surface area contributed by atoms with E-state index < -0.39 is 0 Å². The Labute approximate surface area is 77.2 Å². The predicted molar refractivity (Wildman–Crippen MR) is 50.0 cm³/mol. The number of nitrogens with one attached hydrogen (secondary N) is 1. The molecule has 13 heavy (non-hydrogen) atoms. The lowest BCUT2D eigenvalue weighted by atomic mass is 10.2. The van der Waals surface area contributed by atoms with Gasteiger partial charge in [0.25, 0.3) is 5.91 Å². The number of carbonyl (C=O) groups excluding carboxylic acids is 1. The zero-order valence-corrected chi connectivity index (χ0v) is 7.32. The van der Waals surface area contributed by atoms with E-state index in [-0.39, 0.29) is 11.9 Å². The molecule has 0 radical (unpaired) electrons. The molecule has 0 aliphatic heterocycles. The summed E-state index contributed by atoms with van der Waals surface area (Å²) in [6.45, 7) is 1.75. The van der Waals surface area contributed by atoms with Gasteiger partial charge in [-0.15, -0.1) is 6.42 Å². The van der Waals surface area contributed by atoms with Gasteiger partial charge >= 0.3 is 0 Å². The highest BCUT2D eigenvalue weighted by Gasteiger charge is 2.05. The van der Waals surface area contributed by atoms with E-state index in [2.05, 4.69) is 16.2 Å². The van der Waals surface area contributed by atoms with Crippen molar-refractivity contribution in [3.63, 3.8) is 0 Å². The molecule has 0 spiro atoms. The average Bonchev–Trinajstić information content (AvgIpc) is 2.19. The fraction of sp³-hybridized carbons (Fsp3) is 0.200. The van der Waals surface area contributed by atoms with E-state index >= 15 is 0 Å². The third-order valence-corrected chi connectivity index (χ3v) is 1.54. The molecule has 1 aromatic heterocycles. The molecule has 3 nitrogen and oxygen atoms in total. The van der Waals surface area contributed by atoms with Crippen molar-refractivity contribution in [2.24, 2.45) is 0 Å². The van der Waals surface area contributed by atoms with Gasteiger partial charge in [-0.3, -0.25) is 9.78 Å². The summed E-state index contributed by atoms with van der Waals surface area (Å²) >= 11 is 0. The van der Waals surface area contributed by atoms with Crippen LogP contribution in [-0.2, 0) is 0 Å². The molecule has 0 aliphatic rings. The van der Waals surface area contributed by atoms with Crippen molar-refractivity contribution in [1.82, 2.24) is 10.3 Å². The van der Waals surface area contributed by atoms with E-state index in [1.54, 1.807) is 31.5 Å². The van der Waals surface area contributed by atoms with Gasteiger partial charge in [-0.2, -0.15) is 0 Å². The Kier molecular flexibility index (Phi) is 3.04. The van der Waals surface area contributed by atoms with Crippen molar-refractivity contribution >= 4 is 5.91 Å². The molecule has 1 rings (SSSR count). The standard InChI is InChI=1S/C10H10N2O/c1-3-8(2)12-10(13)9-4-6-11-7-5-9/h1,4-8H,2H3,(H,12,13). The maximum Gasteiger partial charge on any atom is 0.252 e. The highest BCUT2D eigenvalue weighted by Crippen LogP contribution is 1.96. The highest BCUT2D eigenvalue weighted by molar-refractivity contribution is 5.94. The van der Waals surface area contributed by atoms with Crippen LogP contribution >= 0.6 is 0 Å². The Hall–Kier alpha value is -1.82. The monoisotopic (exact) mass is 174 g/mol. The molecule has 0 fully saturated rings. The van der Waals surface area contributed by atoms with Gasteiger partial charge < -0.3 is 5.32 Å². The molecular weight excluding hydrogens is 164 g/mol. The SMILES string of the molecule is C#CC(C)NC(=O)c1ccncc1. The van der Waals surface area contributed by atoms with E-state index in [9.17, 15) is 4.79 Å². The molecule has 0 saturated heterocycles. The molecule has 1 amide bonds. The van der Waals surface area contributed by atoms with Crippen molar-refractivity contribution in [2.45, 2.75) is 13.0 Å². The van der Waals surface area contributed by atoms with Gasteiger partial charge in [-0.1, -0.05) is 5.92 Å². The molecule has 1 aromatic rings. The number of hydrogen-bond acceptors (Lipinski definition) is 2. The average molecular weight is 174 g/mol. The predicted octanol–water partition coefficient (Wildman–Crippen LogP) is 0.833. The van der Waals surface area contributed by atoms with Crippen LogP contribution in [0.1, 0.15) is 17.3 Å². The first kappa shape index (κ1) is 9.27. The minimum atomic E-state index is -0.249. The number of pyridine rings is 1. The Morgan fingerprint density at radius 3 is 2.77 bits per heavy atom. The number of amides is 1. The van der Waals surface area contributed by atoms with E-state index in [4.69, 9.17) is 6.42 Å². The lowest BCUT2D eigenvalue weighted by molar-refractivity contribution is 0.0948. The molecule has 1 heterocycles. The number of carbonyl (C=O) groups is 1. The molecule has 1 unspecified atom stereocenters. The van der Waals surface area contributed by atoms with Gasteiger partial charge in [0.15, 0.2) is 0 Å². The lowest BCUT2D eigenvalue weighted by Crippen LogP contribution is -2.31. The Morgan fingerprint density at radius 1 is 1.62 bits per heavy atom. The lowest BCUT2D eigenvalue weighted by Gasteiger charge is -2.06. The minimum absolute atomic E-state index is 0.173. The van der Waals surface area contributed by atoms with Crippen LogP contribution in [0.4, 0.5) is 0 Å². The second-order valence-corrected chi connectivity index (χ2v) is 2.60. The molecule has 0 bridgehead atoms. The van der Waals surface area contributed by atoms with Gasteiger partial charge in [-0.25, -0.2) is 0 Å². The number of hydrogen-bond donors (Lipinski definition) is 1. The van der Waals surface area contributed by atoms with Gasteiger partial charge in [0.2, 0.25) is 0 Å². The van der Waals surface area contributed by atoms with E-state index in [1.807, 2.05) is 0 Å². The summed E-state index contributed by atoms with van der Waals surface area (Å²) < 4.78 is 0. The molecule has 0 aromatic carbocycles. The summed E-state index contributed by atoms with van der Waals surface area (Å²) in [5.74, 6) is 2.24. The third-order valence-electron chi connectivity index (χ3n) is 1.54. The zero-order chi connectivity index (χ0) is 9.68. The van der Waals surface area contributed by atoms with Gasteiger partial charge in [-0.05, 0) is 19.1 Å². The zero-order valence-electron chi connectivity index (χ0n) is 7.32. The van der Waals surface area contributed by atoms with Crippen LogP contribution < -0.4 is 5.32 Å². The Bertz CT molecular complexity index is 327. The number of rotatable bonds is 2. The Balaban J connectivity index is 2.66. The fourth-order valence-electron chi connectivity index (χ4n) is 0.825. The molecule has 3 heteroatoms. The van der Waals surface area contributed by atoms with Crippen LogP contribution in [-0.4, -0.2) is 16.9 Å². The van der Waals surface area contributed by atoms with Crippen LogP contribution in [0.2, 0.25) is 0 Å². The number of aromatic nitrogens is 1. The van der Waals surface area contributed by atoms with Crippen molar-refractivity contribution in [3.8, 4) is 12.3 Å². The second-order valence-electron chi connectivity index (χ2n) is 2.60. The van der Waals surface area contributed by atoms with Crippen LogP contribution in [0.15, 0.2) is 24.5 Å². The van der Waals surface area contributed by atoms with Crippen molar-refractivity contribution in [2.75, 3.05) is 0 Å². The minimum Gasteiger partial charge on any atom is -0.339 e. The van der Waals surface area contributed by atoms with Crippen molar-refractivity contribution in [1.29, 1.82) is 0 Å². The summed E-state index contributed by atoms with van der Waals surface area (Å²) in [7, 11) is 0. The van der Waals surface area contributed by atoms with Crippen LogP contribution in [0.25, 0.3) is 0 Å². The molecule has 0 aliphatic carbocycles. The molecular formula is C10H10N2O.